The molecule has 1 fully saturated rings. The molecule has 1 aromatic carbocycles. The number of ether oxygens (including phenoxy) is 1. The summed E-state index contributed by atoms with van der Waals surface area (Å²) in [6.07, 6.45) is -2.91. The van der Waals surface area contributed by atoms with E-state index in [0.29, 0.717) is 0 Å². The predicted molar refractivity (Wildman–Crippen MR) is 71.3 cm³/mol. The van der Waals surface area contributed by atoms with Crippen molar-refractivity contribution in [1.29, 1.82) is 0 Å². The van der Waals surface area contributed by atoms with Gasteiger partial charge in [-0.1, -0.05) is 23.7 Å². The van der Waals surface area contributed by atoms with Crippen molar-refractivity contribution in [1.82, 2.24) is 4.31 Å². The monoisotopic (exact) mass is 326 g/mol. The maximum atomic E-state index is 12.7. The summed E-state index contributed by atoms with van der Waals surface area (Å²) in [7, 11) is -2.32. The van der Waals surface area contributed by atoms with Crippen LogP contribution in [0.4, 0.5) is 14.5 Å². The minimum Gasteiger partial charge on any atom is -0.379 e. The first-order valence-corrected chi connectivity index (χ1v) is 7.54. The van der Waals surface area contributed by atoms with Gasteiger partial charge in [-0.15, -0.1) is 0 Å². The lowest BCUT2D eigenvalue weighted by Crippen LogP contribution is -2.55. The standard InChI is InChI=1S/C11H13ClF2N2O3S/c1-19-7-5-16(6-7)20(17,18)15-9-4-2-3-8(10(9)12)11(13)14/h2-4,7,11,15H,5-6H2,1H3. The molecular weight excluding hydrogens is 314 g/mol. The van der Waals surface area contributed by atoms with Crippen molar-refractivity contribution in [2.75, 3.05) is 24.9 Å². The molecule has 0 amide bonds. The van der Waals surface area contributed by atoms with Crippen LogP contribution in [0.25, 0.3) is 0 Å². The molecule has 1 saturated heterocycles. The van der Waals surface area contributed by atoms with Crippen LogP contribution in [-0.2, 0) is 14.9 Å². The summed E-state index contributed by atoms with van der Waals surface area (Å²) in [4.78, 5) is 0. The molecule has 0 unspecified atom stereocenters. The van der Waals surface area contributed by atoms with Gasteiger partial charge in [-0.25, -0.2) is 8.78 Å². The average Bonchev–Trinajstić information content (AvgIpc) is 2.29. The zero-order valence-electron chi connectivity index (χ0n) is 10.5. The maximum Gasteiger partial charge on any atom is 0.301 e. The highest BCUT2D eigenvalue weighted by Gasteiger charge is 2.36. The summed E-state index contributed by atoms with van der Waals surface area (Å²) in [6.45, 7) is 0.440. The zero-order chi connectivity index (χ0) is 14.9. The van der Waals surface area contributed by atoms with E-state index in [2.05, 4.69) is 4.72 Å². The molecule has 0 aromatic heterocycles. The van der Waals surface area contributed by atoms with Gasteiger partial charge >= 0.3 is 10.2 Å². The fourth-order valence-corrected chi connectivity index (χ4v) is 3.36. The molecule has 1 aliphatic heterocycles. The molecule has 0 radical (unpaired) electrons. The summed E-state index contributed by atoms with van der Waals surface area (Å²) in [6, 6.07) is 3.80. The fourth-order valence-electron chi connectivity index (χ4n) is 1.75. The molecular formula is C11H13ClF2N2O3S. The summed E-state index contributed by atoms with van der Waals surface area (Å²) >= 11 is 5.78. The van der Waals surface area contributed by atoms with Gasteiger partial charge in [0.1, 0.15) is 0 Å². The van der Waals surface area contributed by atoms with Crippen molar-refractivity contribution in [2.45, 2.75) is 12.5 Å². The van der Waals surface area contributed by atoms with E-state index in [4.69, 9.17) is 16.3 Å². The number of rotatable bonds is 5. The summed E-state index contributed by atoms with van der Waals surface area (Å²) in [5.41, 5.74) is -0.476. The van der Waals surface area contributed by atoms with Gasteiger partial charge in [0.25, 0.3) is 6.43 Å². The Labute approximate surface area is 120 Å². The maximum absolute atomic E-state index is 12.7. The molecule has 0 saturated carbocycles. The Morgan fingerprint density at radius 2 is 2.10 bits per heavy atom. The molecule has 2 rings (SSSR count). The van der Waals surface area contributed by atoms with Crippen molar-refractivity contribution in [3.63, 3.8) is 0 Å². The van der Waals surface area contributed by atoms with Crippen molar-refractivity contribution in [3.8, 4) is 0 Å². The molecule has 0 spiro atoms. The number of halogens is 3. The number of alkyl halides is 2. The fraction of sp³-hybridized carbons (Fsp3) is 0.455. The number of anilines is 1. The quantitative estimate of drug-likeness (QED) is 0.903. The minimum atomic E-state index is -3.81. The van der Waals surface area contributed by atoms with Crippen LogP contribution in [0.5, 0.6) is 0 Å². The zero-order valence-corrected chi connectivity index (χ0v) is 12.1. The summed E-state index contributed by atoms with van der Waals surface area (Å²) < 4.78 is 57.7. The Hall–Kier alpha value is -0.960. The smallest absolute Gasteiger partial charge is 0.301 e. The van der Waals surface area contributed by atoms with Gasteiger partial charge in [0.2, 0.25) is 0 Å². The van der Waals surface area contributed by atoms with E-state index in [1.807, 2.05) is 0 Å². The molecule has 0 aliphatic carbocycles. The number of nitrogens with zero attached hydrogens (tertiary/aromatic N) is 1. The van der Waals surface area contributed by atoms with Gasteiger partial charge in [0, 0.05) is 25.8 Å². The molecule has 9 heteroatoms. The van der Waals surface area contributed by atoms with Crippen molar-refractivity contribution in [2.24, 2.45) is 0 Å². The van der Waals surface area contributed by atoms with E-state index in [1.165, 1.54) is 19.2 Å². The topological polar surface area (TPSA) is 58.6 Å². The third kappa shape index (κ3) is 3.03. The van der Waals surface area contributed by atoms with Crippen LogP contribution in [0, 0.1) is 0 Å². The number of nitrogens with one attached hydrogen (secondary N) is 1. The van der Waals surface area contributed by atoms with Crippen molar-refractivity contribution < 1.29 is 21.9 Å². The van der Waals surface area contributed by atoms with Crippen LogP contribution in [-0.4, -0.2) is 39.0 Å². The van der Waals surface area contributed by atoms with E-state index >= 15 is 0 Å². The number of hydrogen-bond acceptors (Lipinski definition) is 3. The minimum absolute atomic E-state index is 0.0645. The van der Waals surface area contributed by atoms with Gasteiger partial charge in [-0.2, -0.15) is 12.7 Å². The SMILES string of the molecule is COC1CN(S(=O)(=O)Nc2cccc(C(F)F)c2Cl)C1. The Bertz CT molecular complexity index is 591. The molecule has 1 aliphatic rings. The van der Waals surface area contributed by atoms with E-state index in [9.17, 15) is 17.2 Å². The second-order valence-corrected chi connectivity index (χ2v) is 6.34. The summed E-state index contributed by atoms with van der Waals surface area (Å²) in [5.74, 6) is 0. The van der Waals surface area contributed by atoms with E-state index in [-0.39, 0.29) is 29.9 Å². The van der Waals surface area contributed by atoms with Gasteiger partial charge in [0.15, 0.2) is 0 Å². The molecule has 1 aromatic rings. The van der Waals surface area contributed by atoms with Crippen molar-refractivity contribution >= 4 is 27.5 Å². The molecule has 112 valence electrons. The molecule has 0 bridgehead atoms. The van der Waals surface area contributed by atoms with Crippen LogP contribution in [0.2, 0.25) is 5.02 Å². The van der Waals surface area contributed by atoms with Gasteiger partial charge in [-0.05, 0) is 6.07 Å². The van der Waals surface area contributed by atoms with Crippen LogP contribution >= 0.6 is 11.6 Å². The molecule has 1 N–H and O–H groups in total. The van der Waals surface area contributed by atoms with E-state index < -0.39 is 22.2 Å². The Morgan fingerprint density at radius 1 is 1.45 bits per heavy atom. The van der Waals surface area contributed by atoms with Crippen LogP contribution < -0.4 is 4.72 Å². The van der Waals surface area contributed by atoms with Crippen LogP contribution in [0.3, 0.4) is 0 Å². The third-order valence-corrected chi connectivity index (χ3v) is 4.87. The van der Waals surface area contributed by atoms with Gasteiger partial charge < -0.3 is 4.74 Å². The lowest BCUT2D eigenvalue weighted by molar-refractivity contribution is 0.0128. The Morgan fingerprint density at radius 3 is 2.65 bits per heavy atom. The van der Waals surface area contributed by atoms with Crippen LogP contribution in [0.1, 0.15) is 12.0 Å². The largest absolute Gasteiger partial charge is 0.379 e. The Kier molecular flexibility index (Phi) is 4.48. The molecule has 0 atom stereocenters. The van der Waals surface area contributed by atoms with E-state index in [0.717, 1.165) is 10.4 Å². The number of methoxy groups -OCH3 is 1. The summed E-state index contributed by atoms with van der Waals surface area (Å²) in [5, 5.41) is -0.296. The lowest BCUT2D eigenvalue weighted by atomic mass is 10.2. The first-order valence-electron chi connectivity index (χ1n) is 5.72. The number of hydrogen-bond donors (Lipinski definition) is 1. The van der Waals surface area contributed by atoms with Gasteiger partial charge in [-0.3, -0.25) is 4.72 Å². The second-order valence-electron chi connectivity index (χ2n) is 4.29. The number of benzene rings is 1. The normalized spacial score (nSPS) is 17.2. The van der Waals surface area contributed by atoms with Crippen molar-refractivity contribution in [3.05, 3.63) is 28.8 Å². The highest BCUT2D eigenvalue weighted by Crippen LogP contribution is 2.33. The first kappa shape index (κ1) is 15.4. The molecule has 1 heterocycles. The molecule has 5 nitrogen and oxygen atoms in total. The first-order chi connectivity index (χ1) is 9.35. The van der Waals surface area contributed by atoms with Gasteiger partial charge in [0.05, 0.1) is 16.8 Å². The lowest BCUT2D eigenvalue weighted by Gasteiger charge is -2.36. The predicted octanol–water partition coefficient (Wildman–Crippen LogP) is 2.26. The highest BCUT2D eigenvalue weighted by molar-refractivity contribution is 7.90. The average molecular weight is 327 g/mol. The van der Waals surface area contributed by atoms with E-state index in [1.54, 1.807) is 0 Å². The third-order valence-electron chi connectivity index (χ3n) is 2.99. The van der Waals surface area contributed by atoms with Crippen LogP contribution in [0.15, 0.2) is 18.2 Å². The molecule has 20 heavy (non-hydrogen) atoms. The second kappa shape index (κ2) is 5.80. The Balaban J connectivity index is 2.16. The highest BCUT2D eigenvalue weighted by atomic mass is 35.5.